The van der Waals surface area contributed by atoms with Crippen LogP contribution in [0.1, 0.15) is 18.9 Å². The van der Waals surface area contributed by atoms with Gasteiger partial charge in [-0.3, -0.25) is 0 Å². The quantitative estimate of drug-likeness (QED) is 0.606. The highest BCUT2D eigenvalue weighted by Crippen LogP contribution is 2.22. The highest BCUT2D eigenvalue weighted by atomic mass is 16.5. The minimum absolute atomic E-state index is 0.305. The standard InChI is InChI=1S/C17H22N4O2/c1-3-11-23-16-13(7-6-10-19-16)12-20-17(18)21-14-8-4-5-9-15(14)22-2/h4-10H,3,11-12H2,1-2H3,(H3,18,20,21). The molecule has 1 heterocycles. The maximum absolute atomic E-state index is 5.95. The van der Waals surface area contributed by atoms with Crippen LogP contribution >= 0.6 is 0 Å². The van der Waals surface area contributed by atoms with Gasteiger partial charge in [0.05, 0.1) is 25.9 Å². The second-order valence-corrected chi connectivity index (χ2v) is 4.84. The Balaban J connectivity index is 2.05. The van der Waals surface area contributed by atoms with Gasteiger partial charge >= 0.3 is 0 Å². The molecule has 122 valence electrons. The fourth-order valence-corrected chi connectivity index (χ4v) is 1.97. The Morgan fingerprint density at radius 3 is 2.87 bits per heavy atom. The second kappa shape index (κ2) is 8.63. The van der Waals surface area contributed by atoms with Gasteiger partial charge in [-0.05, 0) is 24.6 Å². The first-order chi connectivity index (χ1) is 11.2. The molecular weight excluding hydrogens is 292 g/mol. The first-order valence-electron chi connectivity index (χ1n) is 7.51. The molecule has 2 aromatic rings. The molecule has 0 unspecified atom stereocenters. The summed E-state index contributed by atoms with van der Waals surface area (Å²) in [5, 5.41) is 3.04. The van der Waals surface area contributed by atoms with Crippen LogP contribution in [0.4, 0.5) is 5.69 Å². The topological polar surface area (TPSA) is 81.8 Å². The van der Waals surface area contributed by atoms with E-state index in [1.165, 1.54) is 0 Å². The van der Waals surface area contributed by atoms with E-state index in [1.807, 2.05) is 36.4 Å². The van der Waals surface area contributed by atoms with Gasteiger partial charge in [0, 0.05) is 11.8 Å². The van der Waals surface area contributed by atoms with Gasteiger partial charge in [0.25, 0.3) is 0 Å². The SMILES string of the molecule is CCCOc1ncccc1CN=C(N)Nc1ccccc1OC. The monoisotopic (exact) mass is 314 g/mol. The van der Waals surface area contributed by atoms with Gasteiger partial charge in [0.1, 0.15) is 5.75 Å². The largest absolute Gasteiger partial charge is 0.495 e. The van der Waals surface area contributed by atoms with Crippen LogP contribution in [-0.4, -0.2) is 24.7 Å². The number of nitrogens with two attached hydrogens (primary N) is 1. The van der Waals surface area contributed by atoms with Crippen molar-refractivity contribution in [1.82, 2.24) is 4.98 Å². The number of benzene rings is 1. The van der Waals surface area contributed by atoms with E-state index < -0.39 is 0 Å². The van der Waals surface area contributed by atoms with E-state index in [0.717, 1.165) is 17.7 Å². The van der Waals surface area contributed by atoms with Crippen molar-refractivity contribution < 1.29 is 9.47 Å². The minimum Gasteiger partial charge on any atom is -0.495 e. The first-order valence-corrected chi connectivity index (χ1v) is 7.51. The van der Waals surface area contributed by atoms with Crippen LogP contribution in [0.2, 0.25) is 0 Å². The summed E-state index contributed by atoms with van der Waals surface area (Å²) in [6.07, 6.45) is 2.63. The van der Waals surface area contributed by atoms with E-state index >= 15 is 0 Å². The molecule has 6 nitrogen and oxygen atoms in total. The molecule has 23 heavy (non-hydrogen) atoms. The van der Waals surface area contributed by atoms with Gasteiger partial charge in [-0.15, -0.1) is 0 Å². The number of hydrogen-bond acceptors (Lipinski definition) is 4. The van der Waals surface area contributed by atoms with Crippen molar-refractivity contribution in [2.45, 2.75) is 19.9 Å². The first kappa shape index (κ1) is 16.6. The van der Waals surface area contributed by atoms with Crippen molar-refractivity contribution >= 4 is 11.6 Å². The number of ether oxygens (including phenoxy) is 2. The van der Waals surface area contributed by atoms with E-state index in [1.54, 1.807) is 13.3 Å². The summed E-state index contributed by atoms with van der Waals surface area (Å²) in [6, 6.07) is 11.3. The van der Waals surface area contributed by atoms with Gasteiger partial charge in [-0.1, -0.05) is 25.1 Å². The summed E-state index contributed by atoms with van der Waals surface area (Å²) in [7, 11) is 1.61. The van der Waals surface area contributed by atoms with Gasteiger partial charge in [-0.25, -0.2) is 9.98 Å². The molecule has 3 N–H and O–H groups in total. The van der Waals surface area contributed by atoms with Gasteiger partial charge in [0.15, 0.2) is 5.96 Å². The number of rotatable bonds is 7. The molecule has 0 aliphatic heterocycles. The van der Waals surface area contributed by atoms with E-state index in [4.69, 9.17) is 15.2 Å². The lowest BCUT2D eigenvalue weighted by atomic mass is 10.3. The summed E-state index contributed by atoms with van der Waals surface area (Å²) in [4.78, 5) is 8.57. The molecule has 6 heteroatoms. The third kappa shape index (κ3) is 4.88. The maximum atomic E-state index is 5.95. The van der Waals surface area contributed by atoms with Crippen molar-refractivity contribution in [3.8, 4) is 11.6 Å². The zero-order chi connectivity index (χ0) is 16.5. The van der Waals surface area contributed by atoms with E-state index in [2.05, 4.69) is 22.2 Å². The Morgan fingerprint density at radius 2 is 2.09 bits per heavy atom. The molecule has 0 amide bonds. The fourth-order valence-electron chi connectivity index (χ4n) is 1.97. The van der Waals surface area contributed by atoms with Crippen LogP contribution in [0, 0.1) is 0 Å². The number of hydrogen-bond donors (Lipinski definition) is 2. The number of methoxy groups -OCH3 is 1. The number of aliphatic imine (C=N–C) groups is 1. The molecule has 0 aliphatic rings. The number of guanidine groups is 1. The third-order valence-electron chi connectivity index (χ3n) is 3.08. The normalized spacial score (nSPS) is 11.1. The molecule has 0 saturated heterocycles. The van der Waals surface area contributed by atoms with Crippen molar-refractivity contribution in [2.75, 3.05) is 19.0 Å². The van der Waals surface area contributed by atoms with Crippen LogP contribution in [0.25, 0.3) is 0 Å². The lowest BCUT2D eigenvalue weighted by Gasteiger charge is -2.11. The molecule has 1 aromatic carbocycles. The number of anilines is 1. The maximum Gasteiger partial charge on any atom is 0.218 e. The summed E-state index contributed by atoms with van der Waals surface area (Å²) < 4.78 is 10.9. The fraction of sp³-hybridized carbons (Fsp3) is 0.294. The lowest BCUT2D eigenvalue weighted by Crippen LogP contribution is -2.23. The Kier molecular flexibility index (Phi) is 6.23. The molecule has 0 atom stereocenters. The number of para-hydroxylation sites is 2. The molecule has 0 saturated carbocycles. The van der Waals surface area contributed by atoms with Crippen molar-refractivity contribution in [2.24, 2.45) is 10.7 Å². The summed E-state index contributed by atoms with van der Waals surface area (Å²) >= 11 is 0. The van der Waals surface area contributed by atoms with E-state index in [0.29, 0.717) is 30.7 Å². The molecule has 0 aliphatic carbocycles. The molecule has 0 bridgehead atoms. The predicted octanol–water partition coefficient (Wildman–Crippen LogP) is 2.81. The van der Waals surface area contributed by atoms with E-state index in [-0.39, 0.29) is 0 Å². The minimum atomic E-state index is 0.305. The molecule has 0 spiro atoms. The number of pyridine rings is 1. The molecule has 0 fully saturated rings. The Morgan fingerprint density at radius 1 is 1.26 bits per heavy atom. The van der Waals surface area contributed by atoms with Crippen molar-refractivity contribution in [3.63, 3.8) is 0 Å². The second-order valence-electron chi connectivity index (χ2n) is 4.84. The highest BCUT2D eigenvalue weighted by Gasteiger charge is 2.05. The molecule has 0 radical (unpaired) electrons. The van der Waals surface area contributed by atoms with Crippen LogP contribution in [0.15, 0.2) is 47.6 Å². The number of nitrogens with zero attached hydrogens (tertiary/aromatic N) is 2. The van der Waals surface area contributed by atoms with Gasteiger partial charge in [0.2, 0.25) is 5.88 Å². The smallest absolute Gasteiger partial charge is 0.218 e. The summed E-state index contributed by atoms with van der Waals surface area (Å²) in [6.45, 7) is 3.07. The Bertz CT molecular complexity index is 659. The summed E-state index contributed by atoms with van der Waals surface area (Å²) in [5.74, 6) is 1.61. The molecular formula is C17H22N4O2. The van der Waals surface area contributed by atoms with E-state index in [9.17, 15) is 0 Å². The average molecular weight is 314 g/mol. The lowest BCUT2D eigenvalue weighted by molar-refractivity contribution is 0.302. The molecule has 1 aromatic heterocycles. The van der Waals surface area contributed by atoms with Gasteiger partial charge in [-0.2, -0.15) is 0 Å². The zero-order valence-electron chi connectivity index (χ0n) is 13.5. The Hall–Kier alpha value is -2.76. The van der Waals surface area contributed by atoms with Crippen LogP contribution < -0.4 is 20.5 Å². The number of nitrogens with one attached hydrogen (secondary N) is 1. The van der Waals surface area contributed by atoms with Gasteiger partial charge < -0.3 is 20.5 Å². The van der Waals surface area contributed by atoms with Crippen molar-refractivity contribution in [1.29, 1.82) is 0 Å². The van der Waals surface area contributed by atoms with Crippen LogP contribution in [0.3, 0.4) is 0 Å². The third-order valence-corrected chi connectivity index (χ3v) is 3.08. The zero-order valence-corrected chi connectivity index (χ0v) is 13.5. The van der Waals surface area contributed by atoms with Crippen LogP contribution in [0.5, 0.6) is 11.6 Å². The average Bonchev–Trinajstić information content (AvgIpc) is 2.59. The summed E-state index contributed by atoms with van der Waals surface area (Å²) in [5.41, 5.74) is 7.61. The number of aromatic nitrogens is 1. The van der Waals surface area contributed by atoms with Crippen LogP contribution in [-0.2, 0) is 6.54 Å². The predicted molar refractivity (Wildman–Crippen MR) is 92.0 cm³/mol. The van der Waals surface area contributed by atoms with Crippen molar-refractivity contribution in [3.05, 3.63) is 48.2 Å². The highest BCUT2D eigenvalue weighted by molar-refractivity contribution is 5.93. The molecule has 2 rings (SSSR count). The Labute approximate surface area is 136 Å².